The Morgan fingerprint density at radius 1 is 1.45 bits per heavy atom. The Morgan fingerprint density at radius 2 is 2.25 bits per heavy atom. The van der Waals surface area contributed by atoms with Crippen molar-refractivity contribution in [1.29, 1.82) is 0 Å². The second-order valence-electron chi connectivity index (χ2n) is 5.05. The number of piperidine rings is 1. The first-order chi connectivity index (χ1) is 9.74. The van der Waals surface area contributed by atoms with Crippen LogP contribution in [-0.4, -0.2) is 45.8 Å². The van der Waals surface area contributed by atoms with Crippen LogP contribution in [0.25, 0.3) is 11.0 Å². The maximum atomic E-state index is 10.5. The first-order valence-corrected chi connectivity index (χ1v) is 6.74. The molecule has 0 aliphatic carbocycles. The van der Waals surface area contributed by atoms with Crippen LogP contribution in [0.3, 0.4) is 0 Å². The topological polar surface area (TPSA) is 94.1 Å². The maximum Gasteiger partial charge on any atom is 0.404 e. The summed E-state index contributed by atoms with van der Waals surface area (Å²) in [6, 6.07) is 1.99. The molecular formula is C13H17N5O2. The van der Waals surface area contributed by atoms with Gasteiger partial charge < -0.3 is 20.3 Å². The molecule has 3 rings (SSSR count). The predicted octanol–water partition coefficient (Wildman–Crippen LogP) is 1.44. The van der Waals surface area contributed by atoms with Crippen LogP contribution in [0.2, 0.25) is 0 Å². The van der Waals surface area contributed by atoms with Gasteiger partial charge in [-0.1, -0.05) is 0 Å². The highest BCUT2D eigenvalue weighted by Crippen LogP contribution is 2.26. The zero-order chi connectivity index (χ0) is 13.9. The highest BCUT2D eigenvalue weighted by Gasteiger charge is 2.22. The average Bonchev–Trinajstić information content (AvgIpc) is 2.94. The molecule has 3 N–H and O–H groups in total. The number of aromatic nitrogens is 3. The van der Waals surface area contributed by atoms with Gasteiger partial charge >= 0.3 is 6.09 Å². The summed E-state index contributed by atoms with van der Waals surface area (Å²) in [7, 11) is 0. The van der Waals surface area contributed by atoms with Crippen molar-refractivity contribution in [3.8, 4) is 0 Å². The van der Waals surface area contributed by atoms with Crippen molar-refractivity contribution >= 4 is 22.9 Å². The van der Waals surface area contributed by atoms with E-state index in [0.29, 0.717) is 12.5 Å². The Morgan fingerprint density at radius 3 is 3.00 bits per heavy atom. The Kier molecular flexibility index (Phi) is 3.41. The van der Waals surface area contributed by atoms with Gasteiger partial charge in [0.1, 0.15) is 17.8 Å². The Labute approximate surface area is 116 Å². The van der Waals surface area contributed by atoms with Gasteiger partial charge in [-0.05, 0) is 24.8 Å². The van der Waals surface area contributed by atoms with E-state index in [1.165, 1.54) is 0 Å². The molecule has 2 aromatic rings. The number of amides is 1. The van der Waals surface area contributed by atoms with Crippen LogP contribution in [0.15, 0.2) is 18.6 Å². The molecule has 1 aliphatic heterocycles. The zero-order valence-electron chi connectivity index (χ0n) is 11.0. The fraction of sp³-hybridized carbons (Fsp3) is 0.462. The smallest absolute Gasteiger partial charge is 0.404 e. The molecular weight excluding hydrogens is 258 g/mol. The molecule has 0 bridgehead atoms. The van der Waals surface area contributed by atoms with Gasteiger partial charge in [0.15, 0.2) is 0 Å². The lowest BCUT2D eigenvalue weighted by atomic mass is 9.97. The monoisotopic (exact) mass is 275 g/mol. The van der Waals surface area contributed by atoms with E-state index >= 15 is 0 Å². The van der Waals surface area contributed by atoms with Crippen molar-refractivity contribution in [3.63, 3.8) is 0 Å². The van der Waals surface area contributed by atoms with Gasteiger partial charge in [-0.25, -0.2) is 14.8 Å². The number of H-pyrrole nitrogens is 1. The number of nitrogens with zero attached hydrogens (tertiary/aromatic N) is 3. The molecule has 0 aromatic carbocycles. The van der Waals surface area contributed by atoms with Crippen molar-refractivity contribution in [2.45, 2.75) is 12.8 Å². The van der Waals surface area contributed by atoms with Gasteiger partial charge in [0.25, 0.3) is 0 Å². The van der Waals surface area contributed by atoms with E-state index in [0.717, 1.165) is 42.8 Å². The van der Waals surface area contributed by atoms with Crippen LogP contribution < -0.4 is 10.2 Å². The second-order valence-corrected chi connectivity index (χ2v) is 5.05. The van der Waals surface area contributed by atoms with E-state index in [1.54, 1.807) is 6.33 Å². The van der Waals surface area contributed by atoms with Crippen LogP contribution in [0.4, 0.5) is 10.6 Å². The van der Waals surface area contributed by atoms with Gasteiger partial charge in [-0.3, -0.25) is 0 Å². The van der Waals surface area contributed by atoms with E-state index in [9.17, 15) is 4.79 Å². The van der Waals surface area contributed by atoms with Gasteiger partial charge in [-0.2, -0.15) is 0 Å². The normalized spacial score (nSPS) is 16.5. The third-order valence-corrected chi connectivity index (χ3v) is 3.79. The quantitative estimate of drug-likeness (QED) is 0.788. The molecule has 0 radical (unpaired) electrons. The average molecular weight is 275 g/mol. The van der Waals surface area contributed by atoms with Crippen LogP contribution in [0.5, 0.6) is 0 Å². The molecule has 1 aliphatic rings. The SMILES string of the molecule is O=C(O)NCC1CCN(c2ncnc3[nH]ccc23)CC1. The number of hydrogen-bond donors (Lipinski definition) is 3. The van der Waals surface area contributed by atoms with Crippen LogP contribution in [0, 0.1) is 5.92 Å². The molecule has 0 spiro atoms. The number of fused-ring (bicyclic) bond motifs is 1. The minimum absolute atomic E-state index is 0.408. The number of carboxylic acid groups (broad SMARTS) is 1. The zero-order valence-corrected chi connectivity index (χ0v) is 11.0. The van der Waals surface area contributed by atoms with Gasteiger partial charge in [-0.15, -0.1) is 0 Å². The first kappa shape index (κ1) is 12.7. The summed E-state index contributed by atoms with van der Waals surface area (Å²) >= 11 is 0. The lowest BCUT2D eigenvalue weighted by molar-refractivity contribution is 0.191. The summed E-state index contributed by atoms with van der Waals surface area (Å²) in [5.74, 6) is 1.37. The molecule has 3 heterocycles. The van der Waals surface area contributed by atoms with Crippen LogP contribution >= 0.6 is 0 Å². The lowest BCUT2D eigenvalue weighted by Crippen LogP contribution is -2.38. The summed E-state index contributed by atoms with van der Waals surface area (Å²) < 4.78 is 0. The minimum atomic E-state index is -0.947. The fourth-order valence-corrected chi connectivity index (χ4v) is 2.69. The molecule has 7 heteroatoms. The van der Waals surface area contributed by atoms with Crippen molar-refractivity contribution < 1.29 is 9.90 Å². The predicted molar refractivity (Wildman–Crippen MR) is 74.9 cm³/mol. The summed E-state index contributed by atoms with van der Waals surface area (Å²) in [5.41, 5.74) is 0.852. The van der Waals surface area contributed by atoms with Crippen molar-refractivity contribution in [1.82, 2.24) is 20.3 Å². The fourth-order valence-electron chi connectivity index (χ4n) is 2.69. The van der Waals surface area contributed by atoms with Crippen molar-refractivity contribution in [3.05, 3.63) is 18.6 Å². The summed E-state index contributed by atoms with van der Waals surface area (Å²) in [4.78, 5) is 24.4. The molecule has 106 valence electrons. The largest absolute Gasteiger partial charge is 0.465 e. The van der Waals surface area contributed by atoms with Crippen LogP contribution in [-0.2, 0) is 0 Å². The Balaban J connectivity index is 1.66. The summed E-state index contributed by atoms with van der Waals surface area (Å²) in [5, 5.41) is 12.1. The van der Waals surface area contributed by atoms with Crippen molar-refractivity contribution in [2.24, 2.45) is 5.92 Å². The molecule has 1 fully saturated rings. The van der Waals surface area contributed by atoms with Crippen molar-refractivity contribution in [2.75, 3.05) is 24.5 Å². The van der Waals surface area contributed by atoms with Gasteiger partial charge in [0.05, 0.1) is 5.39 Å². The number of anilines is 1. The molecule has 1 saturated heterocycles. The second kappa shape index (κ2) is 5.36. The molecule has 0 saturated carbocycles. The minimum Gasteiger partial charge on any atom is -0.465 e. The summed E-state index contributed by atoms with van der Waals surface area (Å²) in [6.07, 6.45) is 4.43. The third kappa shape index (κ3) is 2.52. The number of rotatable bonds is 3. The summed E-state index contributed by atoms with van der Waals surface area (Å²) in [6.45, 7) is 2.32. The van der Waals surface area contributed by atoms with E-state index in [4.69, 9.17) is 5.11 Å². The molecule has 0 atom stereocenters. The third-order valence-electron chi connectivity index (χ3n) is 3.79. The van der Waals surface area contributed by atoms with E-state index in [1.807, 2.05) is 12.3 Å². The van der Waals surface area contributed by atoms with E-state index < -0.39 is 6.09 Å². The van der Waals surface area contributed by atoms with E-state index in [-0.39, 0.29) is 0 Å². The molecule has 20 heavy (non-hydrogen) atoms. The lowest BCUT2D eigenvalue weighted by Gasteiger charge is -2.32. The number of hydrogen-bond acceptors (Lipinski definition) is 4. The maximum absolute atomic E-state index is 10.5. The molecule has 1 amide bonds. The van der Waals surface area contributed by atoms with Gasteiger partial charge in [0.2, 0.25) is 0 Å². The highest BCUT2D eigenvalue weighted by molar-refractivity contribution is 5.87. The van der Waals surface area contributed by atoms with Gasteiger partial charge in [0, 0.05) is 25.8 Å². The standard InChI is InChI=1S/C13H17N5O2/c19-13(20)15-7-9-2-5-18(6-3-9)12-10-1-4-14-11(10)16-8-17-12/h1,4,8-9,15H,2-3,5-7H2,(H,19,20)(H,14,16,17). The first-order valence-electron chi connectivity index (χ1n) is 6.74. The number of aromatic amines is 1. The molecule has 2 aromatic heterocycles. The molecule has 7 nitrogen and oxygen atoms in total. The number of carbonyl (C=O) groups is 1. The van der Waals surface area contributed by atoms with Crippen LogP contribution in [0.1, 0.15) is 12.8 Å². The number of nitrogens with one attached hydrogen (secondary N) is 2. The highest BCUT2D eigenvalue weighted by atomic mass is 16.4. The Hall–Kier alpha value is -2.31. The van der Waals surface area contributed by atoms with E-state index in [2.05, 4.69) is 25.2 Å². The Bertz CT molecular complexity index is 604. The molecule has 0 unspecified atom stereocenters.